The predicted octanol–water partition coefficient (Wildman–Crippen LogP) is 1.68. The van der Waals surface area contributed by atoms with E-state index in [0.29, 0.717) is 11.7 Å². The van der Waals surface area contributed by atoms with Gasteiger partial charge in [0.05, 0.1) is 0 Å². The van der Waals surface area contributed by atoms with Gasteiger partial charge in [-0.3, -0.25) is 0 Å². The molecule has 0 spiro atoms. The van der Waals surface area contributed by atoms with Crippen LogP contribution >= 0.6 is 11.8 Å². The van der Waals surface area contributed by atoms with Crippen LogP contribution in [0.3, 0.4) is 0 Å². The molecule has 0 bridgehead atoms. The number of carboxylic acid groups (broad SMARTS) is 1. The Labute approximate surface area is 110 Å². The van der Waals surface area contributed by atoms with E-state index < -0.39 is 12.0 Å². The number of thioether (sulfide) groups is 1. The smallest absolute Gasteiger partial charge is 0.326 e. The number of aliphatic carboxylic acids is 1. The lowest BCUT2D eigenvalue weighted by atomic mass is 10.0. The number of hydrogen-bond donors (Lipinski definition) is 1. The van der Waals surface area contributed by atoms with E-state index >= 15 is 0 Å². The predicted molar refractivity (Wildman–Crippen MR) is 68.8 cm³/mol. The Balaban J connectivity index is 1.86. The van der Waals surface area contributed by atoms with E-state index in [1.165, 1.54) is 18.6 Å². The van der Waals surface area contributed by atoms with Crippen molar-refractivity contribution in [3.8, 4) is 0 Å². The maximum Gasteiger partial charge on any atom is 0.326 e. The van der Waals surface area contributed by atoms with E-state index in [1.54, 1.807) is 0 Å². The first-order valence-corrected chi connectivity index (χ1v) is 7.57. The topological polar surface area (TPSA) is 68.0 Å². The lowest BCUT2D eigenvalue weighted by Crippen LogP contribution is -2.27. The molecule has 2 aliphatic heterocycles. The molecule has 2 atom stereocenters. The first kappa shape index (κ1) is 12.0. The molecule has 1 saturated heterocycles. The number of rotatable bonds is 3. The van der Waals surface area contributed by atoms with Crippen molar-refractivity contribution in [3.63, 3.8) is 0 Å². The van der Waals surface area contributed by atoms with E-state index in [-0.39, 0.29) is 0 Å². The number of nitrogens with zero attached hydrogens (tertiary/aromatic N) is 3. The number of carboxylic acids is 1. The average molecular weight is 267 g/mol. The lowest BCUT2D eigenvalue weighted by Gasteiger charge is -2.23. The molecule has 18 heavy (non-hydrogen) atoms. The number of carbonyl (C=O) groups is 1. The SMILES string of the molecule is O=C(O)C1CCCc2nnc(CC3CCCS3)n21. The Morgan fingerprint density at radius 1 is 1.39 bits per heavy atom. The number of fused-ring (bicyclic) bond motifs is 1. The summed E-state index contributed by atoms with van der Waals surface area (Å²) in [6.45, 7) is 0. The van der Waals surface area contributed by atoms with Crippen LogP contribution in [0.4, 0.5) is 0 Å². The fraction of sp³-hybridized carbons (Fsp3) is 0.750. The van der Waals surface area contributed by atoms with Crippen LogP contribution in [0.25, 0.3) is 0 Å². The summed E-state index contributed by atoms with van der Waals surface area (Å²) >= 11 is 1.97. The minimum Gasteiger partial charge on any atom is -0.480 e. The highest BCUT2D eigenvalue weighted by Crippen LogP contribution is 2.31. The molecule has 0 radical (unpaired) electrons. The van der Waals surface area contributed by atoms with Gasteiger partial charge in [-0.05, 0) is 31.4 Å². The molecular formula is C12H17N3O2S. The fourth-order valence-corrected chi connectivity index (χ4v) is 4.12. The quantitative estimate of drug-likeness (QED) is 0.902. The fourth-order valence-electron chi connectivity index (χ4n) is 2.86. The molecule has 0 amide bonds. The van der Waals surface area contributed by atoms with Gasteiger partial charge in [-0.25, -0.2) is 4.79 Å². The van der Waals surface area contributed by atoms with Crippen molar-refractivity contribution in [1.29, 1.82) is 0 Å². The maximum atomic E-state index is 11.3. The van der Waals surface area contributed by atoms with Crippen molar-refractivity contribution in [1.82, 2.24) is 14.8 Å². The standard InChI is InChI=1S/C12H17N3O2S/c16-12(17)9-4-1-5-10-13-14-11(15(9)10)7-8-3-2-6-18-8/h8-9H,1-7H2,(H,16,17). The Morgan fingerprint density at radius 2 is 2.28 bits per heavy atom. The third kappa shape index (κ3) is 2.13. The second-order valence-corrected chi connectivity index (χ2v) is 6.40. The van der Waals surface area contributed by atoms with Gasteiger partial charge in [0, 0.05) is 18.1 Å². The van der Waals surface area contributed by atoms with Crippen molar-refractivity contribution < 1.29 is 9.90 Å². The van der Waals surface area contributed by atoms with Gasteiger partial charge in [0.2, 0.25) is 0 Å². The molecule has 2 unspecified atom stereocenters. The molecule has 1 fully saturated rings. The van der Waals surface area contributed by atoms with Crippen LogP contribution < -0.4 is 0 Å². The second-order valence-electron chi connectivity index (χ2n) is 4.99. The Bertz CT molecular complexity index is 454. The zero-order valence-electron chi connectivity index (χ0n) is 10.2. The molecule has 3 heterocycles. The summed E-state index contributed by atoms with van der Waals surface area (Å²) < 4.78 is 1.88. The highest BCUT2D eigenvalue weighted by Gasteiger charge is 2.30. The summed E-state index contributed by atoms with van der Waals surface area (Å²) in [4.78, 5) is 11.3. The molecule has 1 aromatic heterocycles. The van der Waals surface area contributed by atoms with Gasteiger partial charge in [-0.15, -0.1) is 10.2 Å². The van der Waals surface area contributed by atoms with Crippen LogP contribution in [-0.4, -0.2) is 36.8 Å². The number of hydrogen-bond acceptors (Lipinski definition) is 4. The van der Waals surface area contributed by atoms with Gasteiger partial charge in [0.25, 0.3) is 0 Å². The minimum atomic E-state index is -0.754. The molecular weight excluding hydrogens is 250 g/mol. The van der Waals surface area contributed by atoms with E-state index in [4.69, 9.17) is 0 Å². The third-order valence-corrected chi connectivity index (χ3v) is 5.14. The highest BCUT2D eigenvalue weighted by molar-refractivity contribution is 8.00. The lowest BCUT2D eigenvalue weighted by molar-refractivity contribution is -0.141. The van der Waals surface area contributed by atoms with Gasteiger partial charge in [-0.2, -0.15) is 11.8 Å². The van der Waals surface area contributed by atoms with Crippen LogP contribution in [0.1, 0.15) is 43.4 Å². The van der Waals surface area contributed by atoms with Gasteiger partial charge in [-0.1, -0.05) is 0 Å². The first-order chi connectivity index (χ1) is 8.75. The molecule has 6 heteroatoms. The van der Waals surface area contributed by atoms with Gasteiger partial charge >= 0.3 is 5.97 Å². The number of aryl methyl sites for hydroxylation is 1. The molecule has 0 aliphatic carbocycles. The summed E-state index contributed by atoms with van der Waals surface area (Å²) in [5, 5.41) is 18.3. The molecule has 0 saturated carbocycles. The molecule has 1 aromatic rings. The van der Waals surface area contributed by atoms with E-state index in [0.717, 1.165) is 30.9 Å². The van der Waals surface area contributed by atoms with Crippen LogP contribution in [0, 0.1) is 0 Å². The van der Waals surface area contributed by atoms with E-state index in [1.807, 2.05) is 16.3 Å². The minimum absolute atomic E-state index is 0.454. The summed E-state index contributed by atoms with van der Waals surface area (Å²) in [6.07, 6.45) is 5.79. The van der Waals surface area contributed by atoms with Crippen molar-refractivity contribution in [2.45, 2.75) is 49.8 Å². The summed E-state index contributed by atoms with van der Waals surface area (Å²) in [6, 6.07) is -0.454. The Morgan fingerprint density at radius 3 is 3.00 bits per heavy atom. The molecule has 5 nitrogen and oxygen atoms in total. The van der Waals surface area contributed by atoms with Crippen molar-refractivity contribution >= 4 is 17.7 Å². The van der Waals surface area contributed by atoms with E-state index in [2.05, 4.69) is 10.2 Å². The zero-order chi connectivity index (χ0) is 12.5. The number of aromatic nitrogens is 3. The zero-order valence-corrected chi connectivity index (χ0v) is 11.0. The molecule has 1 N–H and O–H groups in total. The monoisotopic (exact) mass is 267 g/mol. The van der Waals surface area contributed by atoms with Crippen LogP contribution in [-0.2, 0) is 17.6 Å². The maximum absolute atomic E-state index is 11.3. The molecule has 3 rings (SSSR count). The normalized spacial score (nSPS) is 27.1. The Kier molecular flexibility index (Phi) is 3.28. The molecule has 0 aromatic carbocycles. The van der Waals surface area contributed by atoms with Crippen molar-refractivity contribution in [3.05, 3.63) is 11.6 Å². The summed E-state index contributed by atoms with van der Waals surface area (Å²) in [5.41, 5.74) is 0. The van der Waals surface area contributed by atoms with Gasteiger partial charge in [0.1, 0.15) is 17.7 Å². The second kappa shape index (κ2) is 4.91. The summed E-state index contributed by atoms with van der Waals surface area (Å²) in [5.74, 6) is 2.19. The third-order valence-electron chi connectivity index (χ3n) is 3.75. The van der Waals surface area contributed by atoms with E-state index in [9.17, 15) is 9.90 Å². The molecule has 2 aliphatic rings. The summed E-state index contributed by atoms with van der Waals surface area (Å²) in [7, 11) is 0. The molecule has 98 valence electrons. The first-order valence-electron chi connectivity index (χ1n) is 6.53. The van der Waals surface area contributed by atoms with Gasteiger partial charge < -0.3 is 9.67 Å². The van der Waals surface area contributed by atoms with Crippen LogP contribution in [0.15, 0.2) is 0 Å². The van der Waals surface area contributed by atoms with Crippen LogP contribution in [0.5, 0.6) is 0 Å². The van der Waals surface area contributed by atoms with Crippen LogP contribution in [0.2, 0.25) is 0 Å². The Hall–Kier alpha value is -1.04. The highest BCUT2D eigenvalue weighted by atomic mass is 32.2. The van der Waals surface area contributed by atoms with Gasteiger partial charge in [0.15, 0.2) is 0 Å². The largest absolute Gasteiger partial charge is 0.480 e. The van der Waals surface area contributed by atoms with Crippen molar-refractivity contribution in [2.24, 2.45) is 0 Å². The average Bonchev–Trinajstić information content (AvgIpc) is 2.99. The van der Waals surface area contributed by atoms with Crippen molar-refractivity contribution in [2.75, 3.05) is 5.75 Å².